The van der Waals surface area contributed by atoms with Gasteiger partial charge in [0.1, 0.15) is 27.6 Å². The Balaban J connectivity index is 1.63. The lowest BCUT2D eigenvalue weighted by Gasteiger charge is -2.23. The minimum atomic E-state index is -3.64. The van der Waals surface area contributed by atoms with Gasteiger partial charge in [0.25, 0.3) is 0 Å². The molecular weight excluding hydrogens is 398 g/mol. The second-order valence-electron chi connectivity index (χ2n) is 7.06. The van der Waals surface area contributed by atoms with Crippen LogP contribution in [0.25, 0.3) is 10.2 Å². The number of rotatable bonds is 3. The molecule has 0 aliphatic carbocycles. The van der Waals surface area contributed by atoms with E-state index in [0.29, 0.717) is 31.1 Å². The SMILES string of the molecule is Cc1noc(C)c1S(=O)(=O)N1CCCN(c2ncnc3sc(C)c(C)c23)CC1. The van der Waals surface area contributed by atoms with Gasteiger partial charge in [0.2, 0.25) is 10.0 Å². The highest BCUT2D eigenvalue weighted by molar-refractivity contribution is 7.89. The van der Waals surface area contributed by atoms with Crippen molar-refractivity contribution in [1.29, 1.82) is 0 Å². The molecule has 3 aromatic heterocycles. The Hall–Kier alpha value is -2.04. The van der Waals surface area contributed by atoms with Gasteiger partial charge in [-0.15, -0.1) is 11.3 Å². The zero-order valence-electron chi connectivity index (χ0n) is 16.4. The summed E-state index contributed by atoms with van der Waals surface area (Å²) in [6, 6.07) is 0. The molecule has 10 heteroatoms. The Morgan fingerprint density at radius 3 is 2.57 bits per heavy atom. The molecule has 0 N–H and O–H groups in total. The zero-order valence-corrected chi connectivity index (χ0v) is 18.0. The van der Waals surface area contributed by atoms with Crippen LogP contribution in [0.4, 0.5) is 5.82 Å². The third-order valence-corrected chi connectivity index (χ3v) is 8.52. The Kier molecular flexibility index (Phi) is 4.88. The number of thiophene rings is 1. The van der Waals surface area contributed by atoms with E-state index in [9.17, 15) is 8.42 Å². The average Bonchev–Trinajstić information content (AvgIpc) is 3.02. The normalized spacial score (nSPS) is 16.6. The van der Waals surface area contributed by atoms with Crippen molar-refractivity contribution < 1.29 is 12.9 Å². The molecule has 0 amide bonds. The monoisotopic (exact) mass is 421 g/mol. The first-order valence-corrected chi connectivity index (χ1v) is 11.4. The maximum absolute atomic E-state index is 13.1. The highest BCUT2D eigenvalue weighted by Gasteiger charge is 2.32. The van der Waals surface area contributed by atoms with Crippen LogP contribution in [0.1, 0.15) is 28.3 Å². The fourth-order valence-corrected chi connectivity index (χ4v) is 6.47. The first-order valence-electron chi connectivity index (χ1n) is 9.19. The largest absolute Gasteiger partial charge is 0.360 e. The molecule has 1 aliphatic heterocycles. The van der Waals surface area contributed by atoms with E-state index in [2.05, 4.69) is 33.9 Å². The van der Waals surface area contributed by atoms with Crippen LogP contribution in [0.2, 0.25) is 0 Å². The Morgan fingerprint density at radius 1 is 1.07 bits per heavy atom. The van der Waals surface area contributed by atoms with E-state index in [-0.39, 0.29) is 4.90 Å². The van der Waals surface area contributed by atoms with Gasteiger partial charge in [0.05, 0.1) is 5.39 Å². The minimum absolute atomic E-state index is 0.190. The Morgan fingerprint density at radius 2 is 1.86 bits per heavy atom. The minimum Gasteiger partial charge on any atom is -0.360 e. The van der Waals surface area contributed by atoms with E-state index in [1.165, 1.54) is 14.7 Å². The van der Waals surface area contributed by atoms with E-state index in [4.69, 9.17) is 4.52 Å². The molecule has 1 saturated heterocycles. The molecule has 28 heavy (non-hydrogen) atoms. The molecular formula is C18H23N5O3S2. The zero-order chi connectivity index (χ0) is 20.1. The maximum atomic E-state index is 13.1. The predicted octanol–water partition coefficient (Wildman–Crippen LogP) is 2.81. The lowest BCUT2D eigenvalue weighted by Crippen LogP contribution is -2.35. The second-order valence-corrected chi connectivity index (χ2v) is 10.1. The van der Waals surface area contributed by atoms with E-state index in [1.807, 2.05) is 0 Å². The number of anilines is 1. The van der Waals surface area contributed by atoms with E-state index in [1.54, 1.807) is 31.5 Å². The molecule has 0 atom stereocenters. The van der Waals surface area contributed by atoms with Crippen LogP contribution in [0.3, 0.4) is 0 Å². The standard InChI is InChI=1S/C18H23N5O3S2/c1-11-14(4)27-18-15(11)17(19-10-20-18)22-6-5-7-23(9-8-22)28(24,25)16-12(2)21-26-13(16)3/h10H,5-9H2,1-4H3. The van der Waals surface area contributed by atoms with Crippen LogP contribution >= 0.6 is 11.3 Å². The Bertz CT molecular complexity index is 1120. The molecule has 150 valence electrons. The first-order chi connectivity index (χ1) is 13.3. The van der Waals surface area contributed by atoms with Gasteiger partial charge >= 0.3 is 0 Å². The number of hydrogen-bond acceptors (Lipinski definition) is 8. The molecule has 0 radical (unpaired) electrons. The lowest BCUT2D eigenvalue weighted by atomic mass is 10.2. The average molecular weight is 422 g/mol. The molecule has 4 heterocycles. The smallest absolute Gasteiger partial charge is 0.248 e. The molecule has 1 fully saturated rings. The Labute approximate surface area is 168 Å². The summed E-state index contributed by atoms with van der Waals surface area (Å²) in [7, 11) is -3.64. The highest BCUT2D eigenvalue weighted by atomic mass is 32.2. The van der Waals surface area contributed by atoms with Crippen molar-refractivity contribution in [1.82, 2.24) is 19.4 Å². The second kappa shape index (κ2) is 7.09. The van der Waals surface area contributed by atoms with Gasteiger partial charge < -0.3 is 9.42 Å². The van der Waals surface area contributed by atoms with Crippen LogP contribution in [0.5, 0.6) is 0 Å². The molecule has 0 aromatic carbocycles. The van der Waals surface area contributed by atoms with Crippen molar-refractivity contribution in [3.05, 3.63) is 28.2 Å². The van der Waals surface area contributed by atoms with Crippen LogP contribution in [-0.2, 0) is 10.0 Å². The van der Waals surface area contributed by atoms with Gasteiger partial charge in [-0.05, 0) is 39.7 Å². The van der Waals surface area contributed by atoms with Crippen LogP contribution in [0, 0.1) is 27.7 Å². The molecule has 3 aromatic rings. The third-order valence-electron chi connectivity index (χ3n) is 5.27. The summed E-state index contributed by atoms with van der Waals surface area (Å²) >= 11 is 1.67. The number of aromatic nitrogens is 3. The number of nitrogens with zero attached hydrogens (tertiary/aromatic N) is 5. The van der Waals surface area contributed by atoms with Crippen LogP contribution in [-0.4, -0.2) is 54.0 Å². The quantitative estimate of drug-likeness (QED) is 0.642. The van der Waals surface area contributed by atoms with E-state index < -0.39 is 10.0 Å². The van der Waals surface area contributed by atoms with E-state index >= 15 is 0 Å². The summed E-state index contributed by atoms with van der Waals surface area (Å²) in [6.45, 7) is 9.64. The van der Waals surface area contributed by atoms with Gasteiger partial charge in [-0.3, -0.25) is 0 Å². The number of sulfonamides is 1. The molecule has 4 rings (SSSR count). The van der Waals surface area contributed by atoms with Gasteiger partial charge in [0, 0.05) is 31.1 Å². The van der Waals surface area contributed by atoms with Crippen molar-refractivity contribution in [3.63, 3.8) is 0 Å². The molecule has 0 spiro atoms. The first kappa shape index (κ1) is 19.3. The summed E-state index contributed by atoms with van der Waals surface area (Å²) in [5, 5.41) is 4.88. The van der Waals surface area contributed by atoms with Gasteiger partial charge in [-0.2, -0.15) is 4.31 Å². The summed E-state index contributed by atoms with van der Waals surface area (Å²) < 4.78 is 32.9. The molecule has 0 saturated carbocycles. The lowest BCUT2D eigenvalue weighted by molar-refractivity contribution is 0.389. The fraction of sp³-hybridized carbons (Fsp3) is 0.500. The van der Waals surface area contributed by atoms with Crippen LogP contribution in [0.15, 0.2) is 15.7 Å². The van der Waals surface area contributed by atoms with Gasteiger partial charge in [-0.1, -0.05) is 5.16 Å². The van der Waals surface area contributed by atoms with E-state index in [0.717, 1.165) is 29.0 Å². The van der Waals surface area contributed by atoms with Crippen molar-refractivity contribution in [2.24, 2.45) is 0 Å². The van der Waals surface area contributed by atoms with Crippen molar-refractivity contribution in [3.8, 4) is 0 Å². The maximum Gasteiger partial charge on any atom is 0.248 e. The van der Waals surface area contributed by atoms with Gasteiger partial charge in [-0.25, -0.2) is 18.4 Å². The summed E-state index contributed by atoms with van der Waals surface area (Å²) in [6.07, 6.45) is 2.31. The number of fused-ring (bicyclic) bond motifs is 1. The topological polar surface area (TPSA) is 92.4 Å². The van der Waals surface area contributed by atoms with Crippen molar-refractivity contribution >= 4 is 37.4 Å². The fourth-order valence-electron chi connectivity index (χ4n) is 3.72. The van der Waals surface area contributed by atoms with Crippen molar-refractivity contribution in [2.45, 2.75) is 39.0 Å². The molecule has 1 aliphatic rings. The third kappa shape index (κ3) is 3.09. The predicted molar refractivity (Wildman–Crippen MR) is 108 cm³/mol. The van der Waals surface area contributed by atoms with Crippen molar-refractivity contribution in [2.75, 3.05) is 31.1 Å². The summed E-state index contributed by atoms with van der Waals surface area (Å²) in [5.74, 6) is 1.23. The highest BCUT2D eigenvalue weighted by Crippen LogP contribution is 2.35. The molecule has 0 bridgehead atoms. The summed E-state index contributed by atoms with van der Waals surface area (Å²) in [5.41, 5.74) is 1.60. The summed E-state index contributed by atoms with van der Waals surface area (Å²) in [4.78, 5) is 13.5. The van der Waals surface area contributed by atoms with Crippen LogP contribution < -0.4 is 4.90 Å². The molecule has 8 nitrogen and oxygen atoms in total. The number of aryl methyl sites for hydroxylation is 4. The number of hydrogen-bond donors (Lipinski definition) is 0. The molecule has 0 unspecified atom stereocenters. The van der Waals surface area contributed by atoms with Gasteiger partial charge in [0.15, 0.2) is 5.76 Å².